The summed E-state index contributed by atoms with van der Waals surface area (Å²) in [5.74, 6) is 1.83. The van der Waals surface area contributed by atoms with E-state index in [-0.39, 0.29) is 11.9 Å². The maximum absolute atomic E-state index is 11.7. The van der Waals surface area contributed by atoms with Gasteiger partial charge in [0.1, 0.15) is 5.82 Å². The van der Waals surface area contributed by atoms with Gasteiger partial charge in [-0.15, -0.1) is 0 Å². The first-order valence-corrected chi connectivity index (χ1v) is 9.63. The molecule has 0 radical (unpaired) electrons. The van der Waals surface area contributed by atoms with Gasteiger partial charge in [0.05, 0.1) is 0 Å². The van der Waals surface area contributed by atoms with Crippen LogP contribution in [-0.4, -0.2) is 71.9 Å². The zero-order chi connectivity index (χ0) is 18.2. The minimum atomic E-state index is 0.0609. The number of hydrogen-bond acceptors (Lipinski definition) is 6. The lowest BCUT2D eigenvalue weighted by atomic mass is 10.3. The first-order valence-electron chi connectivity index (χ1n) is 8.86. The van der Waals surface area contributed by atoms with Crippen molar-refractivity contribution >= 4 is 28.5 Å². The number of anilines is 1. The molecule has 2 heterocycles. The van der Waals surface area contributed by atoms with Crippen molar-refractivity contribution in [3.8, 4) is 0 Å². The minimum absolute atomic E-state index is 0.0609. The van der Waals surface area contributed by atoms with Gasteiger partial charge in [-0.2, -0.15) is 4.37 Å². The molecule has 2 N–H and O–H groups in total. The number of aryl methyl sites for hydroxylation is 1. The van der Waals surface area contributed by atoms with Crippen molar-refractivity contribution in [2.45, 2.75) is 39.7 Å². The summed E-state index contributed by atoms with van der Waals surface area (Å²) in [6.07, 6.45) is 1.32. The number of piperazine rings is 1. The van der Waals surface area contributed by atoms with Crippen LogP contribution in [0.15, 0.2) is 4.99 Å². The Labute approximate surface area is 153 Å². The van der Waals surface area contributed by atoms with Gasteiger partial charge in [-0.05, 0) is 13.8 Å². The molecular formula is C16H29N7OS. The summed E-state index contributed by atoms with van der Waals surface area (Å²) in [5.41, 5.74) is 0. The monoisotopic (exact) mass is 367 g/mol. The second-order valence-corrected chi connectivity index (χ2v) is 7.00. The maximum atomic E-state index is 11.7. The van der Waals surface area contributed by atoms with Crippen LogP contribution in [0.1, 0.15) is 33.0 Å². The Morgan fingerprint density at radius 3 is 2.60 bits per heavy atom. The fourth-order valence-electron chi connectivity index (χ4n) is 2.64. The van der Waals surface area contributed by atoms with Crippen LogP contribution in [0.5, 0.6) is 0 Å². The van der Waals surface area contributed by atoms with E-state index in [0.29, 0.717) is 13.0 Å². The van der Waals surface area contributed by atoms with E-state index in [4.69, 9.17) is 0 Å². The molecule has 8 nitrogen and oxygen atoms in total. The van der Waals surface area contributed by atoms with Crippen LogP contribution >= 0.6 is 11.5 Å². The van der Waals surface area contributed by atoms with E-state index >= 15 is 0 Å². The van der Waals surface area contributed by atoms with Crippen LogP contribution in [0.25, 0.3) is 0 Å². The highest BCUT2D eigenvalue weighted by atomic mass is 32.1. The number of amides is 1. The summed E-state index contributed by atoms with van der Waals surface area (Å²) >= 11 is 1.47. The molecule has 2 rings (SSSR count). The van der Waals surface area contributed by atoms with Crippen LogP contribution in [0.2, 0.25) is 0 Å². The van der Waals surface area contributed by atoms with E-state index in [1.54, 1.807) is 7.05 Å². The molecule has 1 saturated heterocycles. The highest BCUT2D eigenvalue weighted by Gasteiger charge is 2.22. The predicted molar refractivity (Wildman–Crippen MR) is 102 cm³/mol. The SMILES string of the molecule is CCc1nsc(N2CCN(C(=NC)NCCC(=O)NC(C)C)CC2)n1. The fourth-order valence-corrected chi connectivity index (χ4v) is 3.44. The number of carbonyl (C=O) groups excluding carboxylic acids is 1. The summed E-state index contributed by atoms with van der Waals surface area (Å²) in [6, 6.07) is 0.175. The Kier molecular flexibility index (Phi) is 7.42. The van der Waals surface area contributed by atoms with Crippen molar-refractivity contribution in [2.75, 3.05) is 44.7 Å². The van der Waals surface area contributed by atoms with Gasteiger partial charge in [0.25, 0.3) is 0 Å². The zero-order valence-electron chi connectivity index (χ0n) is 15.6. The van der Waals surface area contributed by atoms with Crippen molar-refractivity contribution < 1.29 is 4.79 Å². The van der Waals surface area contributed by atoms with Crippen molar-refractivity contribution in [2.24, 2.45) is 4.99 Å². The summed E-state index contributed by atoms with van der Waals surface area (Å²) in [7, 11) is 1.78. The number of carbonyl (C=O) groups is 1. The number of nitrogens with one attached hydrogen (secondary N) is 2. The van der Waals surface area contributed by atoms with Gasteiger partial charge in [0, 0.05) is 70.2 Å². The van der Waals surface area contributed by atoms with Crippen LogP contribution < -0.4 is 15.5 Å². The first-order chi connectivity index (χ1) is 12.0. The quantitative estimate of drug-likeness (QED) is 0.569. The number of aromatic nitrogens is 2. The standard InChI is InChI=1S/C16H29N7OS/c1-5-13-20-16(25-21-13)23-10-8-22(9-11-23)15(17-4)18-7-6-14(24)19-12(2)3/h12H,5-11H2,1-4H3,(H,17,18)(H,19,24). The molecule has 1 fully saturated rings. The average molecular weight is 368 g/mol. The number of nitrogens with zero attached hydrogens (tertiary/aromatic N) is 5. The van der Waals surface area contributed by atoms with Gasteiger partial charge in [-0.3, -0.25) is 9.79 Å². The van der Waals surface area contributed by atoms with Crippen LogP contribution in [-0.2, 0) is 11.2 Å². The van der Waals surface area contributed by atoms with Crippen LogP contribution in [0.3, 0.4) is 0 Å². The molecule has 25 heavy (non-hydrogen) atoms. The van der Waals surface area contributed by atoms with Crippen molar-refractivity contribution in [1.82, 2.24) is 24.9 Å². The van der Waals surface area contributed by atoms with Gasteiger partial charge < -0.3 is 20.4 Å². The third-order valence-corrected chi connectivity index (χ3v) is 4.73. The Morgan fingerprint density at radius 1 is 1.32 bits per heavy atom. The molecule has 140 valence electrons. The van der Waals surface area contributed by atoms with Gasteiger partial charge in [0.15, 0.2) is 5.96 Å². The smallest absolute Gasteiger partial charge is 0.221 e. The summed E-state index contributed by atoms with van der Waals surface area (Å²) in [5, 5.41) is 7.18. The molecular weight excluding hydrogens is 338 g/mol. The molecule has 0 atom stereocenters. The van der Waals surface area contributed by atoms with E-state index in [1.165, 1.54) is 11.5 Å². The summed E-state index contributed by atoms with van der Waals surface area (Å²) in [6.45, 7) is 10.1. The van der Waals surface area contributed by atoms with Gasteiger partial charge in [-0.25, -0.2) is 4.98 Å². The van der Waals surface area contributed by atoms with E-state index < -0.39 is 0 Å². The van der Waals surface area contributed by atoms with Gasteiger partial charge in [0.2, 0.25) is 11.0 Å². The average Bonchev–Trinajstić information content (AvgIpc) is 3.07. The fraction of sp³-hybridized carbons (Fsp3) is 0.750. The molecule has 0 bridgehead atoms. The number of rotatable bonds is 6. The molecule has 9 heteroatoms. The van der Waals surface area contributed by atoms with E-state index in [1.807, 2.05) is 13.8 Å². The molecule has 1 aliphatic heterocycles. The topological polar surface area (TPSA) is 85.8 Å². The summed E-state index contributed by atoms with van der Waals surface area (Å²) in [4.78, 5) is 25.1. The van der Waals surface area contributed by atoms with Crippen LogP contribution in [0.4, 0.5) is 5.13 Å². The lowest BCUT2D eigenvalue weighted by Gasteiger charge is -2.36. The lowest BCUT2D eigenvalue weighted by molar-refractivity contribution is -0.121. The second-order valence-electron chi connectivity index (χ2n) is 6.27. The molecule has 0 saturated carbocycles. The van der Waals surface area contributed by atoms with Crippen molar-refractivity contribution in [1.29, 1.82) is 0 Å². The molecule has 0 aliphatic carbocycles. The van der Waals surface area contributed by atoms with Gasteiger partial charge >= 0.3 is 0 Å². The Bertz CT molecular complexity index is 579. The number of hydrogen-bond donors (Lipinski definition) is 2. The van der Waals surface area contributed by atoms with E-state index in [9.17, 15) is 4.79 Å². The van der Waals surface area contributed by atoms with Gasteiger partial charge in [-0.1, -0.05) is 6.92 Å². The Balaban J connectivity index is 1.76. The van der Waals surface area contributed by atoms with E-state index in [2.05, 4.69) is 41.7 Å². The normalized spacial score (nSPS) is 15.6. The Hall–Kier alpha value is -1.90. The Morgan fingerprint density at radius 2 is 2.04 bits per heavy atom. The molecule has 1 aliphatic rings. The molecule has 0 aromatic carbocycles. The minimum Gasteiger partial charge on any atom is -0.356 e. The van der Waals surface area contributed by atoms with Crippen molar-refractivity contribution in [3.63, 3.8) is 0 Å². The number of guanidine groups is 1. The predicted octanol–water partition coefficient (Wildman–Crippen LogP) is 0.713. The molecule has 0 spiro atoms. The zero-order valence-corrected chi connectivity index (χ0v) is 16.4. The number of aliphatic imine (C=N–C) groups is 1. The molecule has 0 unspecified atom stereocenters. The van der Waals surface area contributed by atoms with E-state index in [0.717, 1.165) is 49.5 Å². The molecule has 1 aromatic heterocycles. The highest BCUT2D eigenvalue weighted by molar-refractivity contribution is 7.09. The third kappa shape index (κ3) is 5.84. The van der Waals surface area contributed by atoms with Crippen LogP contribution in [0, 0.1) is 0 Å². The molecule has 1 amide bonds. The van der Waals surface area contributed by atoms with Crippen molar-refractivity contribution in [3.05, 3.63) is 5.82 Å². The summed E-state index contributed by atoms with van der Waals surface area (Å²) < 4.78 is 4.36. The lowest BCUT2D eigenvalue weighted by Crippen LogP contribution is -2.53. The first kappa shape index (κ1) is 19.4. The second kappa shape index (κ2) is 9.55. The highest BCUT2D eigenvalue weighted by Crippen LogP contribution is 2.19. The largest absolute Gasteiger partial charge is 0.356 e. The molecule has 1 aromatic rings. The third-order valence-electron chi connectivity index (χ3n) is 3.92. The maximum Gasteiger partial charge on any atom is 0.221 e.